The number of anilines is 2. The Morgan fingerprint density at radius 1 is 0.608 bits per heavy atom. The largest absolute Gasteiger partial charge is 0.493 e. The SMILES string of the molecule is CCOC(=O)Cc1ccc(N2C(=O)c3c(c(OCC)c4ccccc4c3OCC(F)(F)F)C2O)c(Cl)c1.CCOc1c2c(c(OCC(F)(F)F)c3ccccc13)C(O)N(c1ccc(C(CC)C(=O)O)cc1Cl)C2=O. The molecule has 2 aliphatic heterocycles. The summed E-state index contributed by atoms with van der Waals surface area (Å²) in [4.78, 5) is 52.6. The molecule has 2 aliphatic rings. The first kappa shape index (κ1) is 54.8. The number of rotatable bonds is 16. The minimum Gasteiger partial charge on any atom is -0.493 e. The summed E-state index contributed by atoms with van der Waals surface area (Å²) in [6.45, 7) is 4.03. The predicted molar refractivity (Wildman–Crippen MR) is 261 cm³/mol. The Hall–Kier alpha value is -7.00. The van der Waals surface area contributed by atoms with E-state index >= 15 is 0 Å². The smallest absolute Gasteiger partial charge is 0.422 e. The van der Waals surface area contributed by atoms with Crippen molar-refractivity contribution in [2.45, 2.75) is 71.3 Å². The van der Waals surface area contributed by atoms with Crippen LogP contribution in [0.3, 0.4) is 0 Å². The zero-order valence-corrected chi connectivity index (χ0v) is 41.2. The van der Waals surface area contributed by atoms with E-state index in [4.69, 9.17) is 46.9 Å². The van der Waals surface area contributed by atoms with E-state index in [0.29, 0.717) is 28.3 Å². The van der Waals surface area contributed by atoms with Gasteiger partial charge in [-0.05, 0) is 62.6 Å². The lowest BCUT2D eigenvalue weighted by molar-refractivity contribution is -0.154. The fourth-order valence-electron chi connectivity index (χ4n) is 8.84. The van der Waals surface area contributed by atoms with E-state index in [0.717, 1.165) is 9.80 Å². The van der Waals surface area contributed by atoms with Crippen molar-refractivity contribution in [3.63, 3.8) is 0 Å². The lowest BCUT2D eigenvalue weighted by Crippen LogP contribution is -2.28. The molecule has 3 N–H and O–H groups in total. The van der Waals surface area contributed by atoms with Crippen LogP contribution in [0, 0.1) is 0 Å². The number of aliphatic carboxylic acids is 1. The molecule has 0 fully saturated rings. The molecule has 0 bridgehead atoms. The van der Waals surface area contributed by atoms with Gasteiger partial charge < -0.3 is 39.0 Å². The molecule has 3 unspecified atom stereocenters. The highest BCUT2D eigenvalue weighted by molar-refractivity contribution is 6.35. The minimum absolute atomic E-state index is 0.0160. The molecular formula is C52H46Cl2F6N2O12. The Morgan fingerprint density at radius 3 is 1.45 bits per heavy atom. The minimum atomic E-state index is -4.67. The van der Waals surface area contributed by atoms with Gasteiger partial charge >= 0.3 is 24.3 Å². The van der Waals surface area contributed by atoms with E-state index in [-0.39, 0.29) is 104 Å². The van der Waals surface area contributed by atoms with Crippen LogP contribution in [0.5, 0.6) is 23.0 Å². The van der Waals surface area contributed by atoms with Gasteiger partial charge in [0.15, 0.2) is 25.7 Å². The van der Waals surface area contributed by atoms with E-state index < -0.39 is 67.7 Å². The van der Waals surface area contributed by atoms with Crippen LogP contribution in [0.2, 0.25) is 10.0 Å². The zero-order chi connectivity index (χ0) is 54.0. The predicted octanol–water partition coefficient (Wildman–Crippen LogP) is 11.7. The average molecular weight is 1080 g/mol. The molecule has 0 radical (unpaired) electrons. The monoisotopic (exact) mass is 1070 g/mol. The Morgan fingerprint density at radius 2 is 1.03 bits per heavy atom. The third kappa shape index (κ3) is 10.9. The molecule has 0 aliphatic carbocycles. The number of esters is 1. The molecule has 0 saturated carbocycles. The van der Waals surface area contributed by atoms with E-state index in [1.165, 1.54) is 42.5 Å². The second kappa shape index (κ2) is 22.2. The van der Waals surface area contributed by atoms with Crippen molar-refractivity contribution in [2.24, 2.45) is 0 Å². The molecular weight excluding hydrogens is 1030 g/mol. The summed E-state index contributed by atoms with van der Waals surface area (Å²) >= 11 is 12.9. The molecule has 74 heavy (non-hydrogen) atoms. The fourth-order valence-corrected chi connectivity index (χ4v) is 9.41. The van der Waals surface area contributed by atoms with Crippen molar-refractivity contribution in [1.29, 1.82) is 0 Å². The van der Waals surface area contributed by atoms with Gasteiger partial charge in [0.05, 0.1) is 75.8 Å². The van der Waals surface area contributed by atoms with Crippen molar-refractivity contribution in [2.75, 3.05) is 42.8 Å². The van der Waals surface area contributed by atoms with Crippen LogP contribution >= 0.6 is 23.2 Å². The third-order valence-electron chi connectivity index (χ3n) is 11.8. The highest BCUT2D eigenvalue weighted by atomic mass is 35.5. The van der Waals surface area contributed by atoms with E-state index in [2.05, 4.69) is 0 Å². The number of nitrogens with zero attached hydrogens (tertiary/aromatic N) is 2. The molecule has 3 atom stereocenters. The van der Waals surface area contributed by atoms with Crippen LogP contribution in [0.25, 0.3) is 21.5 Å². The van der Waals surface area contributed by atoms with Gasteiger partial charge in [-0.15, -0.1) is 0 Å². The van der Waals surface area contributed by atoms with Gasteiger partial charge in [0.25, 0.3) is 11.8 Å². The van der Waals surface area contributed by atoms with Gasteiger partial charge in [0.2, 0.25) is 0 Å². The summed E-state index contributed by atoms with van der Waals surface area (Å²) in [5, 5.41) is 33.3. The molecule has 14 nitrogen and oxygen atoms in total. The number of fused-ring (bicyclic) bond motifs is 4. The number of carboxylic acids is 1. The highest BCUT2D eigenvalue weighted by Crippen LogP contribution is 2.53. The lowest BCUT2D eigenvalue weighted by atomic mass is 9.96. The number of carbonyl (C=O) groups excluding carboxylic acids is 3. The molecule has 0 aromatic heterocycles. The van der Waals surface area contributed by atoms with Gasteiger partial charge in [-0.3, -0.25) is 29.0 Å². The summed E-state index contributed by atoms with van der Waals surface area (Å²) in [5.74, 6) is -4.26. The van der Waals surface area contributed by atoms with Crippen LogP contribution in [0.1, 0.15) is 95.5 Å². The molecule has 2 heterocycles. The van der Waals surface area contributed by atoms with Crippen molar-refractivity contribution in [3.05, 3.63) is 128 Å². The van der Waals surface area contributed by atoms with E-state index in [1.54, 1.807) is 70.2 Å². The van der Waals surface area contributed by atoms with Gasteiger partial charge in [-0.1, -0.05) is 90.8 Å². The number of carboxylic acid groups (broad SMARTS) is 1. The Labute approximate surface area is 428 Å². The number of benzene rings is 6. The number of alkyl halides is 6. The molecule has 0 spiro atoms. The van der Waals surface area contributed by atoms with Crippen molar-refractivity contribution in [3.8, 4) is 23.0 Å². The van der Waals surface area contributed by atoms with Crippen LogP contribution in [0.4, 0.5) is 37.7 Å². The summed E-state index contributed by atoms with van der Waals surface area (Å²) in [6.07, 6.45) is -12.5. The number of ether oxygens (including phenoxy) is 5. The van der Waals surface area contributed by atoms with Gasteiger partial charge in [-0.25, -0.2) is 0 Å². The Balaban J connectivity index is 0.000000216. The Bertz CT molecular complexity index is 3150. The zero-order valence-electron chi connectivity index (χ0n) is 39.7. The number of hydrogen-bond acceptors (Lipinski definition) is 11. The third-order valence-corrected chi connectivity index (χ3v) is 12.4. The maximum Gasteiger partial charge on any atom is 0.422 e. The number of carbonyl (C=O) groups is 4. The van der Waals surface area contributed by atoms with E-state index in [9.17, 15) is 60.8 Å². The summed E-state index contributed by atoms with van der Waals surface area (Å²) < 4.78 is 105. The summed E-state index contributed by atoms with van der Waals surface area (Å²) in [5.41, 5.74) is 0.484. The molecule has 0 saturated heterocycles. The maximum absolute atomic E-state index is 13.7. The number of halogens is 8. The second-order valence-corrected chi connectivity index (χ2v) is 17.3. The van der Waals surface area contributed by atoms with Gasteiger partial charge in [-0.2, -0.15) is 26.3 Å². The molecule has 392 valence electrons. The van der Waals surface area contributed by atoms with Crippen LogP contribution < -0.4 is 28.7 Å². The second-order valence-electron chi connectivity index (χ2n) is 16.5. The van der Waals surface area contributed by atoms with Gasteiger partial charge in [0.1, 0.15) is 23.0 Å². The molecule has 8 rings (SSSR count). The topological polar surface area (TPSA) is 182 Å². The fraction of sp³-hybridized carbons (Fsp3) is 0.308. The quantitative estimate of drug-likeness (QED) is 0.0617. The van der Waals surface area contributed by atoms with Gasteiger partial charge in [0, 0.05) is 21.5 Å². The average Bonchev–Trinajstić information content (AvgIpc) is 3.74. The van der Waals surface area contributed by atoms with Crippen molar-refractivity contribution in [1.82, 2.24) is 0 Å². The number of aliphatic hydroxyl groups is 2. The number of aliphatic hydroxyl groups excluding tert-OH is 2. The maximum atomic E-state index is 13.7. The van der Waals surface area contributed by atoms with Crippen LogP contribution in [0.15, 0.2) is 84.9 Å². The standard InChI is InChI=1S/2C26H23ClF3NO6/c1-3-35-19(32)12-14-9-10-18(17(27)11-14)31-24(33)20-21(25(31)34)23(37-13-26(28,29)30)16-8-6-5-7-15(16)22(20)36-4-2;1-3-14(25(34)35)13-9-10-18(17(27)11-13)31-23(32)19-20(24(31)33)22(37-12-26(28,29)30)16-8-6-5-7-15(16)21(19)36-4-2/h5-11,24,33H,3-4,12-13H2,1-2H3;5-11,14,24,33H,3-4,12H2,1-2H3,(H,34,35). The van der Waals surface area contributed by atoms with Crippen molar-refractivity contribution < 1.29 is 84.5 Å². The summed E-state index contributed by atoms with van der Waals surface area (Å²) in [7, 11) is 0. The first-order valence-corrected chi connectivity index (χ1v) is 23.6. The van der Waals surface area contributed by atoms with Crippen molar-refractivity contribution >= 4 is 79.9 Å². The highest BCUT2D eigenvalue weighted by Gasteiger charge is 2.46. The lowest BCUT2D eigenvalue weighted by Gasteiger charge is -2.24. The molecule has 2 amide bonds. The summed E-state index contributed by atoms with van der Waals surface area (Å²) in [6, 6.07) is 21.4. The molecule has 6 aromatic rings. The first-order chi connectivity index (χ1) is 35.1. The van der Waals surface area contributed by atoms with Crippen LogP contribution in [-0.4, -0.2) is 84.5 Å². The number of hydrogen-bond donors (Lipinski definition) is 3. The molecule has 22 heteroatoms. The number of amides is 2. The van der Waals surface area contributed by atoms with Crippen LogP contribution in [-0.2, 0) is 20.7 Å². The molecule has 6 aromatic carbocycles. The van der Waals surface area contributed by atoms with E-state index in [1.807, 2.05) is 0 Å². The normalized spacial score (nSPS) is 15.6. The Kier molecular flexibility index (Phi) is 16.5. The first-order valence-electron chi connectivity index (χ1n) is 22.9.